The molecule has 1 amide bonds. The Morgan fingerprint density at radius 1 is 1.41 bits per heavy atom. The number of hydrogen-bond acceptors (Lipinski definition) is 6. The summed E-state index contributed by atoms with van der Waals surface area (Å²) < 4.78 is 32.6. The predicted octanol–water partition coefficient (Wildman–Crippen LogP) is 1.69. The maximum atomic E-state index is 12.3. The first kappa shape index (κ1) is 14.8. The maximum absolute atomic E-state index is 12.3. The minimum atomic E-state index is -3.77. The predicted molar refractivity (Wildman–Crippen MR) is 82.9 cm³/mol. The van der Waals surface area contributed by atoms with Crippen LogP contribution < -0.4 is 14.4 Å². The first-order valence-electron chi connectivity index (χ1n) is 6.39. The van der Waals surface area contributed by atoms with Crippen LogP contribution in [0.1, 0.15) is 6.92 Å². The largest absolute Gasteiger partial charge is 0.479 e. The van der Waals surface area contributed by atoms with E-state index in [1.54, 1.807) is 25.4 Å². The van der Waals surface area contributed by atoms with Crippen LogP contribution in [0, 0.1) is 0 Å². The first-order valence-corrected chi connectivity index (χ1v) is 8.75. The van der Waals surface area contributed by atoms with E-state index in [2.05, 4.69) is 9.71 Å². The van der Waals surface area contributed by atoms with Crippen molar-refractivity contribution in [1.82, 2.24) is 4.98 Å². The van der Waals surface area contributed by atoms with Gasteiger partial charge in [0.1, 0.15) is 5.75 Å². The molecular formula is C13H13N3O4S2. The lowest BCUT2D eigenvalue weighted by Gasteiger charge is -2.30. The van der Waals surface area contributed by atoms with Crippen LogP contribution in [-0.4, -0.2) is 32.5 Å². The van der Waals surface area contributed by atoms with Crippen molar-refractivity contribution in [3.05, 3.63) is 29.8 Å². The topological polar surface area (TPSA) is 88.6 Å². The van der Waals surface area contributed by atoms with Crippen molar-refractivity contribution in [3.63, 3.8) is 0 Å². The van der Waals surface area contributed by atoms with Crippen LogP contribution in [-0.2, 0) is 14.8 Å². The standard InChI is InChI=1S/C13H13N3O4S2/c1-8-12(17)16(2)10-7-9(3-4-11(10)20-8)22(18,19)15-13-14-5-6-21-13/h3-8H,1-2H3,(H,14,15). The van der Waals surface area contributed by atoms with Crippen LogP contribution in [0.2, 0.25) is 0 Å². The number of benzene rings is 1. The van der Waals surface area contributed by atoms with Gasteiger partial charge in [0, 0.05) is 18.6 Å². The number of nitrogens with zero attached hydrogens (tertiary/aromatic N) is 2. The molecule has 0 radical (unpaired) electrons. The molecule has 22 heavy (non-hydrogen) atoms. The molecule has 0 spiro atoms. The number of rotatable bonds is 3. The van der Waals surface area contributed by atoms with Crippen molar-refractivity contribution in [2.75, 3.05) is 16.7 Å². The molecule has 0 bridgehead atoms. The first-order chi connectivity index (χ1) is 10.4. The molecule has 9 heteroatoms. The molecule has 7 nitrogen and oxygen atoms in total. The molecule has 3 rings (SSSR count). The number of hydrogen-bond donors (Lipinski definition) is 1. The Hall–Kier alpha value is -2.13. The van der Waals surface area contributed by atoms with Gasteiger partial charge in [0.25, 0.3) is 15.9 Å². The van der Waals surface area contributed by atoms with E-state index >= 15 is 0 Å². The zero-order valence-electron chi connectivity index (χ0n) is 11.8. The van der Waals surface area contributed by atoms with E-state index in [0.717, 1.165) is 0 Å². The van der Waals surface area contributed by atoms with Gasteiger partial charge in [-0.2, -0.15) is 0 Å². The second kappa shape index (κ2) is 5.25. The second-order valence-electron chi connectivity index (χ2n) is 4.73. The molecule has 1 aliphatic rings. The monoisotopic (exact) mass is 339 g/mol. The molecule has 0 saturated carbocycles. The summed E-state index contributed by atoms with van der Waals surface area (Å²) in [7, 11) is -2.18. The van der Waals surface area contributed by atoms with Crippen LogP contribution in [0.5, 0.6) is 5.75 Å². The van der Waals surface area contributed by atoms with Gasteiger partial charge in [-0.25, -0.2) is 13.4 Å². The Balaban J connectivity index is 1.98. The fraction of sp³-hybridized carbons (Fsp3) is 0.231. The van der Waals surface area contributed by atoms with Gasteiger partial charge in [-0.15, -0.1) is 11.3 Å². The minimum Gasteiger partial charge on any atom is -0.479 e. The van der Waals surface area contributed by atoms with E-state index in [9.17, 15) is 13.2 Å². The highest BCUT2D eigenvalue weighted by Crippen LogP contribution is 2.35. The Morgan fingerprint density at radius 3 is 2.86 bits per heavy atom. The third-order valence-corrected chi connectivity index (χ3v) is 5.39. The molecule has 2 aromatic rings. The molecular weight excluding hydrogens is 326 g/mol. The third-order valence-electron chi connectivity index (χ3n) is 3.24. The molecule has 2 heterocycles. The fourth-order valence-corrected chi connectivity index (χ4v) is 3.91. The van der Waals surface area contributed by atoms with Gasteiger partial charge < -0.3 is 9.64 Å². The van der Waals surface area contributed by atoms with Crippen molar-refractivity contribution < 1.29 is 17.9 Å². The summed E-state index contributed by atoms with van der Waals surface area (Å²) in [4.78, 5) is 17.3. The van der Waals surface area contributed by atoms with Gasteiger partial charge in [0.2, 0.25) is 0 Å². The summed E-state index contributed by atoms with van der Waals surface area (Å²) in [5.41, 5.74) is 0.421. The number of likely N-dealkylation sites (N-methyl/N-ethyl adjacent to an activating group) is 1. The van der Waals surface area contributed by atoms with Crippen LogP contribution in [0.25, 0.3) is 0 Å². The quantitative estimate of drug-likeness (QED) is 0.919. The van der Waals surface area contributed by atoms with E-state index in [4.69, 9.17) is 4.74 Å². The van der Waals surface area contributed by atoms with Crippen LogP contribution in [0.3, 0.4) is 0 Å². The molecule has 1 aromatic carbocycles. The number of sulfonamides is 1. The normalized spacial score (nSPS) is 17.8. The van der Waals surface area contributed by atoms with Gasteiger partial charge >= 0.3 is 0 Å². The zero-order valence-corrected chi connectivity index (χ0v) is 13.4. The van der Waals surface area contributed by atoms with Crippen LogP contribution in [0.15, 0.2) is 34.7 Å². The summed E-state index contributed by atoms with van der Waals surface area (Å²) in [5.74, 6) is 0.248. The number of aromatic nitrogens is 1. The molecule has 1 aromatic heterocycles. The molecule has 1 atom stereocenters. The highest BCUT2D eigenvalue weighted by molar-refractivity contribution is 7.93. The molecule has 1 aliphatic heterocycles. The molecule has 116 valence electrons. The van der Waals surface area contributed by atoms with Crippen molar-refractivity contribution in [3.8, 4) is 5.75 Å². The van der Waals surface area contributed by atoms with Crippen molar-refractivity contribution in [2.45, 2.75) is 17.9 Å². The average molecular weight is 339 g/mol. The minimum absolute atomic E-state index is 0.0410. The van der Waals surface area contributed by atoms with E-state index in [1.807, 2.05) is 0 Å². The Kier molecular flexibility index (Phi) is 3.53. The smallest absolute Gasteiger partial charge is 0.267 e. The fourth-order valence-electron chi connectivity index (χ4n) is 2.11. The summed E-state index contributed by atoms with van der Waals surface area (Å²) in [5, 5.41) is 1.96. The number of carbonyl (C=O) groups excluding carboxylic acids is 1. The Labute approximate surface area is 131 Å². The molecule has 0 saturated heterocycles. The lowest BCUT2D eigenvalue weighted by molar-refractivity contribution is -0.125. The van der Waals surface area contributed by atoms with Crippen LogP contribution >= 0.6 is 11.3 Å². The van der Waals surface area contributed by atoms with Crippen molar-refractivity contribution in [1.29, 1.82) is 0 Å². The van der Waals surface area contributed by atoms with Gasteiger partial charge in [-0.1, -0.05) is 0 Å². The van der Waals surface area contributed by atoms with Crippen LogP contribution in [0.4, 0.5) is 10.8 Å². The molecule has 1 unspecified atom stereocenters. The zero-order chi connectivity index (χ0) is 15.9. The maximum Gasteiger partial charge on any atom is 0.267 e. The van der Waals surface area contributed by atoms with E-state index < -0.39 is 16.1 Å². The number of fused-ring (bicyclic) bond motifs is 1. The summed E-state index contributed by atoms with van der Waals surface area (Å²) in [6.07, 6.45) is 0.922. The average Bonchev–Trinajstić information content (AvgIpc) is 2.96. The summed E-state index contributed by atoms with van der Waals surface area (Å²) in [6.45, 7) is 1.65. The lowest BCUT2D eigenvalue weighted by Crippen LogP contribution is -2.42. The van der Waals surface area contributed by atoms with E-state index in [-0.39, 0.29) is 15.9 Å². The Morgan fingerprint density at radius 2 is 2.18 bits per heavy atom. The van der Waals surface area contributed by atoms with Gasteiger partial charge in [0.15, 0.2) is 11.2 Å². The number of amides is 1. The second-order valence-corrected chi connectivity index (χ2v) is 7.31. The number of nitrogens with one attached hydrogen (secondary N) is 1. The number of thiazole rings is 1. The molecule has 0 aliphatic carbocycles. The Bertz CT molecular complexity index is 818. The molecule has 0 fully saturated rings. The van der Waals surface area contributed by atoms with Crippen molar-refractivity contribution in [2.24, 2.45) is 0 Å². The number of carbonyl (C=O) groups is 1. The SMILES string of the molecule is CC1Oc2ccc(S(=O)(=O)Nc3nccs3)cc2N(C)C1=O. The third kappa shape index (κ3) is 2.53. The molecule has 1 N–H and O–H groups in total. The van der Waals surface area contributed by atoms with Gasteiger partial charge in [-0.05, 0) is 25.1 Å². The number of anilines is 2. The summed E-state index contributed by atoms with van der Waals surface area (Å²) >= 11 is 1.18. The van der Waals surface area contributed by atoms with Crippen molar-refractivity contribution >= 4 is 38.1 Å². The number of ether oxygens (including phenoxy) is 1. The van der Waals surface area contributed by atoms with E-state index in [0.29, 0.717) is 11.4 Å². The van der Waals surface area contributed by atoms with Gasteiger partial charge in [0.05, 0.1) is 10.6 Å². The summed E-state index contributed by atoms with van der Waals surface area (Å²) in [6, 6.07) is 4.39. The highest BCUT2D eigenvalue weighted by Gasteiger charge is 2.30. The highest BCUT2D eigenvalue weighted by atomic mass is 32.2. The lowest BCUT2D eigenvalue weighted by atomic mass is 10.2. The van der Waals surface area contributed by atoms with Gasteiger partial charge in [-0.3, -0.25) is 9.52 Å². The van der Waals surface area contributed by atoms with E-state index in [1.165, 1.54) is 34.6 Å².